The molecule has 0 N–H and O–H groups in total. The highest BCUT2D eigenvalue weighted by Gasteiger charge is 2.18. The predicted octanol–water partition coefficient (Wildman–Crippen LogP) is 2.94. The maximum absolute atomic E-state index is 13.2. The second-order valence-corrected chi connectivity index (χ2v) is 3.57. The van der Waals surface area contributed by atoms with Gasteiger partial charge in [0.25, 0.3) is 0 Å². The zero-order valence-corrected chi connectivity index (χ0v) is 8.23. The molecule has 0 aliphatic carbocycles. The highest BCUT2D eigenvalue weighted by Crippen LogP contribution is 2.16. The van der Waals surface area contributed by atoms with Crippen molar-refractivity contribution in [2.75, 3.05) is 0 Å². The van der Waals surface area contributed by atoms with Crippen LogP contribution < -0.4 is 0 Å². The molecule has 1 atom stereocenters. The number of aryl methyl sites for hydroxylation is 1. The molecular weight excluding hydrogens is 191 g/mol. The molecule has 0 radical (unpaired) electrons. The monoisotopic (exact) mass is 200 g/mol. The smallest absolute Gasteiger partial charge is 0.183 e. The molecule has 0 saturated carbocycles. The highest BCUT2D eigenvalue weighted by molar-refractivity contribution is 6.33. The molecule has 3 heteroatoms. The zero-order chi connectivity index (χ0) is 10.0. The Bertz CT molecular complexity index is 313. The van der Waals surface area contributed by atoms with Crippen molar-refractivity contribution in [3.63, 3.8) is 0 Å². The van der Waals surface area contributed by atoms with Crippen LogP contribution in [-0.4, -0.2) is 11.2 Å². The average molecular weight is 201 g/mol. The Balaban J connectivity index is 3.20. The van der Waals surface area contributed by atoms with Gasteiger partial charge in [-0.2, -0.15) is 0 Å². The van der Waals surface area contributed by atoms with Gasteiger partial charge in [0.05, 0.1) is 10.9 Å². The number of benzene rings is 1. The molecule has 0 aliphatic rings. The number of carbonyl (C=O) groups is 1. The summed E-state index contributed by atoms with van der Waals surface area (Å²) >= 11 is 5.59. The Morgan fingerprint density at radius 1 is 1.54 bits per heavy atom. The molecule has 70 valence electrons. The molecule has 0 fully saturated rings. The van der Waals surface area contributed by atoms with Crippen molar-refractivity contribution < 1.29 is 9.18 Å². The van der Waals surface area contributed by atoms with Crippen molar-refractivity contribution in [2.45, 2.75) is 19.2 Å². The van der Waals surface area contributed by atoms with Gasteiger partial charge in [0, 0.05) is 0 Å². The highest BCUT2D eigenvalue weighted by atomic mass is 35.5. The van der Waals surface area contributed by atoms with Crippen molar-refractivity contribution in [1.82, 2.24) is 0 Å². The maximum Gasteiger partial charge on any atom is 0.183 e. The second kappa shape index (κ2) is 3.88. The van der Waals surface area contributed by atoms with E-state index in [1.807, 2.05) is 0 Å². The predicted molar refractivity (Wildman–Crippen MR) is 50.8 cm³/mol. The number of alkyl halides is 1. The van der Waals surface area contributed by atoms with Crippen molar-refractivity contribution in [3.05, 3.63) is 35.1 Å². The lowest BCUT2D eigenvalue weighted by atomic mass is 10.0. The van der Waals surface area contributed by atoms with E-state index in [1.54, 1.807) is 19.1 Å². The Kier molecular flexibility index (Phi) is 3.04. The normalized spacial score (nSPS) is 12.6. The fourth-order valence-electron chi connectivity index (χ4n) is 1.14. The number of ketones is 1. The molecule has 0 saturated heterocycles. The summed E-state index contributed by atoms with van der Waals surface area (Å²) < 4.78 is 13.2. The first-order valence-electron chi connectivity index (χ1n) is 3.97. The first-order valence-corrected chi connectivity index (χ1v) is 4.41. The SMILES string of the molecule is Cc1cccc(F)c1C(=O)C(C)Cl. The van der Waals surface area contributed by atoms with Crippen molar-refractivity contribution in [1.29, 1.82) is 0 Å². The van der Waals surface area contributed by atoms with Gasteiger partial charge in [-0.05, 0) is 25.5 Å². The molecule has 1 rings (SSSR count). The van der Waals surface area contributed by atoms with Gasteiger partial charge >= 0.3 is 0 Å². The molecule has 1 aromatic carbocycles. The molecule has 0 spiro atoms. The number of hydrogen-bond donors (Lipinski definition) is 0. The minimum absolute atomic E-state index is 0.102. The third-order valence-corrected chi connectivity index (χ3v) is 2.03. The number of hydrogen-bond acceptors (Lipinski definition) is 1. The third-order valence-electron chi connectivity index (χ3n) is 1.83. The van der Waals surface area contributed by atoms with E-state index in [-0.39, 0.29) is 11.3 Å². The molecule has 13 heavy (non-hydrogen) atoms. The summed E-state index contributed by atoms with van der Waals surface area (Å²) in [5.74, 6) is -0.866. The first kappa shape index (κ1) is 10.2. The summed E-state index contributed by atoms with van der Waals surface area (Å²) in [4.78, 5) is 11.4. The largest absolute Gasteiger partial charge is 0.292 e. The molecule has 1 aromatic rings. The minimum atomic E-state index is -0.685. The molecule has 0 heterocycles. The standard InChI is InChI=1S/C10H10ClFO/c1-6-4-3-5-8(12)9(6)10(13)7(2)11/h3-5,7H,1-2H3. The summed E-state index contributed by atoms with van der Waals surface area (Å²) in [6, 6.07) is 4.52. The van der Waals surface area contributed by atoms with Crippen LogP contribution in [0.15, 0.2) is 18.2 Å². The van der Waals surface area contributed by atoms with Crippen LogP contribution in [0, 0.1) is 12.7 Å². The molecule has 0 amide bonds. The van der Waals surface area contributed by atoms with Crippen molar-refractivity contribution in [2.24, 2.45) is 0 Å². The van der Waals surface area contributed by atoms with Gasteiger partial charge in [0.2, 0.25) is 0 Å². The summed E-state index contributed by atoms with van der Waals surface area (Å²) in [5.41, 5.74) is 0.725. The molecule has 1 nitrogen and oxygen atoms in total. The lowest BCUT2D eigenvalue weighted by Gasteiger charge is -2.06. The molecule has 0 aromatic heterocycles. The van der Waals surface area contributed by atoms with E-state index in [2.05, 4.69) is 0 Å². The van der Waals surface area contributed by atoms with Gasteiger partial charge in [-0.1, -0.05) is 12.1 Å². The van der Waals surface area contributed by atoms with Gasteiger partial charge in [-0.3, -0.25) is 4.79 Å². The van der Waals surface area contributed by atoms with E-state index in [0.29, 0.717) is 5.56 Å². The lowest BCUT2D eigenvalue weighted by molar-refractivity contribution is 0.0987. The first-order chi connectivity index (χ1) is 6.04. The summed E-state index contributed by atoms with van der Waals surface area (Å²) in [6.07, 6.45) is 0. The van der Waals surface area contributed by atoms with Crippen LogP contribution in [-0.2, 0) is 0 Å². The average Bonchev–Trinajstić information content (AvgIpc) is 2.03. The van der Waals surface area contributed by atoms with E-state index in [4.69, 9.17) is 11.6 Å². The summed E-state index contributed by atoms with van der Waals surface area (Å²) in [7, 11) is 0. The van der Waals surface area contributed by atoms with Crippen LogP contribution in [0.4, 0.5) is 4.39 Å². The quantitative estimate of drug-likeness (QED) is 0.530. The summed E-state index contributed by atoms with van der Waals surface area (Å²) in [6.45, 7) is 3.23. The Morgan fingerprint density at radius 2 is 2.15 bits per heavy atom. The van der Waals surface area contributed by atoms with Crippen LogP contribution >= 0.6 is 11.6 Å². The molecular formula is C10H10ClFO. The van der Waals surface area contributed by atoms with Crippen LogP contribution in [0.3, 0.4) is 0 Å². The van der Waals surface area contributed by atoms with Crippen molar-refractivity contribution in [3.8, 4) is 0 Å². The van der Waals surface area contributed by atoms with E-state index >= 15 is 0 Å². The Morgan fingerprint density at radius 3 is 2.62 bits per heavy atom. The minimum Gasteiger partial charge on any atom is -0.292 e. The Labute approximate surface area is 81.5 Å². The second-order valence-electron chi connectivity index (χ2n) is 2.91. The zero-order valence-electron chi connectivity index (χ0n) is 7.47. The molecule has 1 unspecified atom stereocenters. The van der Waals surface area contributed by atoms with E-state index in [9.17, 15) is 9.18 Å². The van der Waals surface area contributed by atoms with Gasteiger partial charge in [0.15, 0.2) is 5.78 Å². The number of halogens is 2. The fraction of sp³-hybridized carbons (Fsp3) is 0.300. The third kappa shape index (κ3) is 2.07. The van der Waals surface area contributed by atoms with Gasteiger partial charge in [0.1, 0.15) is 5.82 Å². The molecule has 0 bridgehead atoms. The van der Waals surface area contributed by atoms with Gasteiger partial charge in [-0.25, -0.2) is 4.39 Å². The van der Waals surface area contributed by atoms with Gasteiger partial charge in [-0.15, -0.1) is 11.6 Å². The number of rotatable bonds is 2. The van der Waals surface area contributed by atoms with Crippen LogP contribution in [0.1, 0.15) is 22.8 Å². The van der Waals surface area contributed by atoms with E-state index in [1.165, 1.54) is 13.0 Å². The molecule has 0 aliphatic heterocycles. The number of carbonyl (C=O) groups excluding carboxylic acids is 1. The number of Topliss-reactive ketones (excluding diaryl/α,β-unsaturated/α-hetero) is 1. The Hall–Kier alpha value is -0.890. The maximum atomic E-state index is 13.2. The summed E-state index contributed by atoms with van der Waals surface area (Å²) in [5, 5.41) is -0.685. The van der Waals surface area contributed by atoms with Crippen molar-refractivity contribution >= 4 is 17.4 Å². The van der Waals surface area contributed by atoms with E-state index < -0.39 is 11.2 Å². The lowest BCUT2D eigenvalue weighted by Crippen LogP contribution is -2.14. The van der Waals surface area contributed by atoms with E-state index in [0.717, 1.165) is 0 Å². The fourth-order valence-corrected chi connectivity index (χ4v) is 1.25. The van der Waals surface area contributed by atoms with Crippen LogP contribution in [0.25, 0.3) is 0 Å². The van der Waals surface area contributed by atoms with Gasteiger partial charge < -0.3 is 0 Å². The topological polar surface area (TPSA) is 17.1 Å². The van der Waals surface area contributed by atoms with Crippen LogP contribution in [0.5, 0.6) is 0 Å². The van der Waals surface area contributed by atoms with Crippen LogP contribution in [0.2, 0.25) is 0 Å².